The zero-order valence-electron chi connectivity index (χ0n) is 21.2. The summed E-state index contributed by atoms with van der Waals surface area (Å²) in [4.78, 5) is 29.3. The van der Waals surface area contributed by atoms with Gasteiger partial charge in [-0.15, -0.1) is 0 Å². The monoisotopic (exact) mass is 487 g/mol. The fourth-order valence-corrected chi connectivity index (χ4v) is 4.28. The molecule has 1 fully saturated rings. The number of hydrogen-bond donors (Lipinski definition) is 3. The summed E-state index contributed by atoms with van der Waals surface area (Å²) >= 11 is 0. The number of urea groups is 2. The number of aryl methyl sites for hydroxylation is 3. The van der Waals surface area contributed by atoms with Gasteiger partial charge >= 0.3 is 12.1 Å². The highest BCUT2D eigenvalue weighted by molar-refractivity contribution is 6.00. The molecule has 0 bridgehead atoms. The maximum absolute atomic E-state index is 12.7. The lowest BCUT2D eigenvalue weighted by Gasteiger charge is -2.36. The number of carbonyl (C=O) groups is 2. The van der Waals surface area contributed by atoms with Gasteiger partial charge in [0.1, 0.15) is 5.75 Å². The van der Waals surface area contributed by atoms with E-state index in [-0.39, 0.29) is 12.1 Å². The summed E-state index contributed by atoms with van der Waals surface area (Å²) in [5.41, 5.74) is 6.46. The third kappa shape index (κ3) is 6.07. The van der Waals surface area contributed by atoms with Crippen molar-refractivity contribution in [3.63, 3.8) is 0 Å². The van der Waals surface area contributed by atoms with Gasteiger partial charge in [0, 0.05) is 43.2 Å². The van der Waals surface area contributed by atoms with Gasteiger partial charge < -0.3 is 30.5 Å². The number of hydrogen-bond acceptors (Lipinski definition) is 4. The molecule has 0 aliphatic carbocycles. The number of amides is 4. The van der Waals surface area contributed by atoms with Crippen LogP contribution in [-0.4, -0.2) is 50.3 Å². The van der Waals surface area contributed by atoms with E-state index in [4.69, 9.17) is 4.74 Å². The van der Waals surface area contributed by atoms with Crippen LogP contribution in [0, 0.1) is 20.8 Å². The SMILES string of the molecule is COc1ccc(C)cc1NC(=O)Nc1ccc(N2CCN(C(=O)Nc3ccc(C)cc3C)CC2)cc1. The lowest BCUT2D eigenvalue weighted by Crippen LogP contribution is -2.50. The molecule has 0 spiro atoms. The Labute approximate surface area is 212 Å². The molecule has 8 heteroatoms. The maximum atomic E-state index is 12.7. The molecular formula is C28H33N5O3. The minimum atomic E-state index is -0.338. The molecule has 1 saturated heterocycles. The number of nitrogens with one attached hydrogen (secondary N) is 3. The summed E-state index contributed by atoms with van der Waals surface area (Å²) in [6, 6.07) is 18.9. The van der Waals surface area contributed by atoms with Crippen LogP contribution in [0.3, 0.4) is 0 Å². The van der Waals surface area contributed by atoms with Crippen LogP contribution in [0.25, 0.3) is 0 Å². The predicted molar refractivity (Wildman–Crippen MR) is 146 cm³/mol. The van der Waals surface area contributed by atoms with E-state index in [1.807, 2.05) is 80.3 Å². The highest BCUT2D eigenvalue weighted by Gasteiger charge is 2.22. The van der Waals surface area contributed by atoms with E-state index < -0.39 is 0 Å². The summed E-state index contributed by atoms with van der Waals surface area (Å²) < 4.78 is 5.32. The van der Waals surface area contributed by atoms with Crippen LogP contribution in [0.1, 0.15) is 16.7 Å². The van der Waals surface area contributed by atoms with Crippen molar-refractivity contribution in [1.82, 2.24) is 4.90 Å². The normalized spacial score (nSPS) is 13.2. The summed E-state index contributed by atoms with van der Waals surface area (Å²) in [6.45, 7) is 8.75. The number of piperazine rings is 1. The summed E-state index contributed by atoms with van der Waals surface area (Å²) in [6.07, 6.45) is 0. The van der Waals surface area contributed by atoms with E-state index in [0.717, 1.165) is 35.6 Å². The smallest absolute Gasteiger partial charge is 0.323 e. The van der Waals surface area contributed by atoms with Crippen LogP contribution < -0.4 is 25.6 Å². The van der Waals surface area contributed by atoms with E-state index in [1.165, 1.54) is 5.56 Å². The van der Waals surface area contributed by atoms with E-state index in [2.05, 4.69) is 26.9 Å². The minimum Gasteiger partial charge on any atom is -0.495 e. The van der Waals surface area contributed by atoms with Gasteiger partial charge in [0.2, 0.25) is 0 Å². The molecule has 8 nitrogen and oxygen atoms in total. The standard InChI is InChI=1S/C28H33N5O3/c1-19-5-11-24(21(3)17-19)31-28(35)33-15-13-32(14-16-33)23-9-7-22(8-10-23)29-27(34)30-25-18-20(2)6-12-26(25)36-4/h5-12,17-18H,13-16H2,1-4H3,(H,31,35)(H2,29,30,34). The Morgan fingerprint density at radius 2 is 1.42 bits per heavy atom. The van der Waals surface area contributed by atoms with Crippen LogP contribution in [0.2, 0.25) is 0 Å². The number of nitrogens with zero attached hydrogens (tertiary/aromatic N) is 2. The molecule has 0 aromatic heterocycles. The molecule has 1 aliphatic rings. The molecular weight excluding hydrogens is 454 g/mol. The molecule has 0 atom stereocenters. The molecule has 1 aliphatic heterocycles. The van der Waals surface area contributed by atoms with Gasteiger partial charge in [0.25, 0.3) is 0 Å². The molecule has 3 aromatic carbocycles. The first-order valence-corrected chi connectivity index (χ1v) is 12.0. The third-order valence-corrected chi connectivity index (χ3v) is 6.28. The fourth-order valence-electron chi connectivity index (χ4n) is 4.28. The van der Waals surface area contributed by atoms with E-state index in [1.54, 1.807) is 7.11 Å². The Bertz CT molecular complexity index is 1230. The number of ether oxygens (including phenoxy) is 1. The van der Waals surface area contributed by atoms with Crippen molar-refractivity contribution in [1.29, 1.82) is 0 Å². The van der Waals surface area contributed by atoms with Crippen molar-refractivity contribution in [3.8, 4) is 5.75 Å². The quantitative estimate of drug-likeness (QED) is 0.436. The second-order valence-corrected chi connectivity index (χ2v) is 9.05. The van der Waals surface area contributed by atoms with Crippen molar-refractivity contribution in [2.24, 2.45) is 0 Å². The van der Waals surface area contributed by atoms with Gasteiger partial charge in [-0.25, -0.2) is 9.59 Å². The van der Waals surface area contributed by atoms with Crippen LogP contribution in [0.15, 0.2) is 60.7 Å². The number of rotatable bonds is 5. The van der Waals surface area contributed by atoms with Crippen LogP contribution >= 0.6 is 0 Å². The summed E-state index contributed by atoms with van der Waals surface area (Å²) in [5, 5.41) is 8.73. The molecule has 3 N–H and O–H groups in total. The van der Waals surface area contributed by atoms with Crippen molar-refractivity contribution in [2.75, 3.05) is 54.1 Å². The average molecular weight is 488 g/mol. The highest BCUT2D eigenvalue weighted by atomic mass is 16.5. The first-order valence-electron chi connectivity index (χ1n) is 12.0. The first kappa shape index (κ1) is 24.9. The Morgan fingerprint density at radius 1 is 0.750 bits per heavy atom. The largest absolute Gasteiger partial charge is 0.495 e. The lowest BCUT2D eigenvalue weighted by molar-refractivity contribution is 0.208. The summed E-state index contributed by atoms with van der Waals surface area (Å²) in [7, 11) is 1.57. The van der Waals surface area contributed by atoms with E-state index in [0.29, 0.717) is 30.2 Å². The number of benzene rings is 3. The van der Waals surface area contributed by atoms with Gasteiger partial charge in [-0.05, 0) is 74.4 Å². The molecule has 3 aromatic rings. The molecule has 1 heterocycles. The molecule has 0 unspecified atom stereocenters. The van der Waals surface area contributed by atoms with Crippen molar-refractivity contribution in [3.05, 3.63) is 77.4 Å². The second kappa shape index (κ2) is 11.0. The van der Waals surface area contributed by atoms with Gasteiger partial charge in [-0.1, -0.05) is 23.8 Å². The van der Waals surface area contributed by atoms with Crippen molar-refractivity contribution >= 4 is 34.8 Å². The highest BCUT2D eigenvalue weighted by Crippen LogP contribution is 2.26. The first-order chi connectivity index (χ1) is 17.3. The number of anilines is 4. The van der Waals surface area contributed by atoms with Gasteiger partial charge in [-0.2, -0.15) is 0 Å². The molecule has 0 radical (unpaired) electrons. The second-order valence-electron chi connectivity index (χ2n) is 9.05. The summed E-state index contributed by atoms with van der Waals surface area (Å²) in [5.74, 6) is 0.605. The van der Waals surface area contributed by atoms with Crippen molar-refractivity contribution in [2.45, 2.75) is 20.8 Å². The van der Waals surface area contributed by atoms with Crippen LogP contribution in [0.5, 0.6) is 5.75 Å². The average Bonchev–Trinajstić information content (AvgIpc) is 2.86. The van der Waals surface area contributed by atoms with Gasteiger partial charge in [-0.3, -0.25) is 0 Å². The molecule has 0 saturated carbocycles. The predicted octanol–water partition coefficient (Wildman–Crippen LogP) is 5.62. The minimum absolute atomic E-state index is 0.0718. The Hall–Kier alpha value is -4.20. The van der Waals surface area contributed by atoms with Crippen molar-refractivity contribution < 1.29 is 14.3 Å². The van der Waals surface area contributed by atoms with Crippen LogP contribution in [-0.2, 0) is 0 Å². The van der Waals surface area contributed by atoms with Gasteiger partial charge in [0.15, 0.2) is 0 Å². The maximum Gasteiger partial charge on any atom is 0.323 e. The zero-order valence-corrected chi connectivity index (χ0v) is 21.2. The van der Waals surface area contributed by atoms with E-state index in [9.17, 15) is 9.59 Å². The molecule has 36 heavy (non-hydrogen) atoms. The fraction of sp³-hybridized carbons (Fsp3) is 0.286. The zero-order chi connectivity index (χ0) is 25.7. The van der Waals surface area contributed by atoms with Crippen LogP contribution in [0.4, 0.5) is 32.3 Å². The Balaban J connectivity index is 1.28. The number of carbonyl (C=O) groups excluding carboxylic acids is 2. The third-order valence-electron chi connectivity index (χ3n) is 6.28. The topological polar surface area (TPSA) is 85.9 Å². The lowest BCUT2D eigenvalue weighted by atomic mass is 10.1. The molecule has 188 valence electrons. The Morgan fingerprint density at radius 3 is 2.08 bits per heavy atom. The molecule has 4 rings (SSSR count). The number of methoxy groups -OCH3 is 1. The van der Waals surface area contributed by atoms with E-state index >= 15 is 0 Å². The van der Waals surface area contributed by atoms with Gasteiger partial charge in [0.05, 0.1) is 12.8 Å². The Kier molecular flexibility index (Phi) is 7.63. The molecule has 4 amide bonds.